The second-order valence-electron chi connectivity index (χ2n) is 2.95. The summed E-state index contributed by atoms with van der Waals surface area (Å²) in [7, 11) is 0. The Bertz CT molecular complexity index is 344. The Morgan fingerprint density at radius 2 is 2.31 bits per heavy atom. The highest BCUT2D eigenvalue weighted by Crippen LogP contribution is 2.16. The van der Waals surface area contributed by atoms with Gasteiger partial charge in [-0.25, -0.2) is 4.79 Å². The summed E-state index contributed by atoms with van der Waals surface area (Å²) in [5.41, 5.74) is 0. The smallest absolute Gasteiger partial charge is 0.407 e. The molecule has 0 saturated carbocycles. The molecule has 16 heavy (non-hydrogen) atoms. The molecule has 0 heterocycles. The van der Waals surface area contributed by atoms with E-state index in [1.165, 1.54) is 0 Å². The molecule has 0 bridgehead atoms. The zero-order valence-corrected chi connectivity index (χ0v) is 9.79. The minimum absolute atomic E-state index is 0.362. The maximum atomic E-state index is 10.9. The van der Waals surface area contributed by atoms with Gasteiger partial charge in [-0.05, 0) is 25.1 Å². The fourth-order valence-electron chi connectivity index (χ4n) is 1.06. The van der Waals surface area contributed by atoms with Crippen LogP contribution in [-0.4, -0.2) is 25.9 Å². The molecular formula is C11H14ClNO3. The molecule has 1 aromatic carbocycles. The molecule has 1 aromatic rings. The van der Waals surface area contributed by atoms with Crippen LogP contribution in [0, 0.1) is 0 Å². The van der Waals surface area contributed by atoms with E-state index < -0.39 is 6.09 Å². The Kier molecular flexibility index (Phi) is 5.50. The van der Waals surface area contributed by atoms with Crippen LogP contribution in [0.4, 0.5) is 4.79 Å². The van der Waals surface area contributed by atoms with Crippen LogP contribution in [0.2, 0.25) is 5.02 Å². The summed E-state index contributed by atoms with van der Waals surface area (Å²) in [6.07, 6.45) is -0.433. The summed E-state index contributed by atoms with van der Waals surface area (Å²) < 4.78 is 10.0. The van der Waals surface area contributed by atoms with E-state index in [2.05, 4.69) is 10.1 Å². The molecule has 0 unspecified atom stereocenters. The summed E-state index contributed by atoms with van der Waals surface area (Å²) in [6, 6.07) is 7.09. The van der Waals surface area contributed by atoms with E-state index in [0.29, 0.717) is 30.5 Å². The summed E-state index contributed by atoms with van der Waals surface area (Å²) in [5, 5.41) is 3.17. The van der Waals surface area contributed by atoms with Crippen LogP contribution in [0.15, 0.2) is 24.3 Å². The van der Waals surface area contributed by atoms with E-state index in [4.69, 9.17) is 16.3 Å². The number of carbonyl (C=O) groups is 1. The SMILES string of the molecule is CCOC(=O)NCCOc1cccc(Cl)c1. The third kappa shape index (κ3) is 4.89. The van der Waals surface area contributed by atoms with Gasteiger partial charge in [0.25, 0.3) is 0 Å². The Balaban J connectivity index is 2.18. The summed E-state index contributed by atoms with van der Waals surface area (Å²) >= 11 is 5.78. The van der Waals surface area contributed by atoms with Gasteiger partial charge in [0.15, 0.2) is 0 Å². The molecular weight excluding hydrogens is 230 g/mol. The number of amides is 1. The quantitative estimate of drug-likeness (QED) is 0.809. The van der Waals surface area contributed by atoms with Gasteiger partial charge >= 0.3 is 6.09 Å². The Hall–Kier alpha value is -1.42. The fraction of sp³-hybridized carbons (Fsp3) is 0.364. The normalized spacial score (nSPS) is 9.62. The average molecular weight is 244 g/mol. The second-order valence-corrected chi connectivity index (χ2v) is 3.39. The first-order valence-corrected chi connectivity index (χ1v) is 5.39. The first kappa shape index (κ1) is 12.6. The first-order valence-electron chi connectivity index (χ1n) is 5.01. The van der Waals surface area contributed by atoms with Gasteiger partial charge in [-0.1, -0.05) is 17.7 Å². The fourth-order valence-corrected chi connectivity index (χ4v) is 1.24. The van der Waals surface area contributed by atoms with Gasteiger partial charge in [-0.15, -0.1) is 0 Å². The van der Waals surface area contributed by atoms with E-state index in [0.717, 1.165) is 0 Å². The zero-order chi connectivity index (χ0) is 11.8. The third-order valence-corrected chi connectivity index (χ3v) is 1.95. The van der Waals surface area contributed by atoms with E-state index in [9.17, 15) is 4.79 Å². The lowest BCUT2D eigenvalue weighted by Crippen LogP contribution is -2.28. The van der Waals surface area contributed by atoms with Gasteiger partial charge < -0.3 is 14.8 Å². The molecule has 0 aliphatic heterocycles. The molecule has 1 amide bonds. The van der Waals surface area contributed by atoms with Crippen LogP contribution in [-0.2, 0) is 4.74 Å². The number of hydrogen-bond donors (Lipinski definition) is 1. The number of halogens is 1. The maximum absolute atomic E-state index is 10.9. The molecule has 0 saturated heterocycles. The average Bonchev–Trinajstić information content (AvgIpc) is 2.25. The standard InChI is InChI=1S/C11H14ClNO3/c1-2-15-11(14)13-6-7-16-10-5-3-4-9(12)8-10/h3-5,8H,2,6-7H2,1H3,(H,13,14). The summed E-state index contributed by atoms with van der Waals surface area (Å²) in [4.78, 5) is 10.9. The molecule has 1 rings (SSSR count). The van der Waals surface area contributed by atoms with Gasteiger partial charge in [0, 0.05) is 5.02 Å². The van der Waals surface area contributed by atoms with Crippen molar-refractivity contribution < 1.29 is 14.3 Å². The lowest BCUT2D eigenvalue weighted by atomic mass is 10.3. The molecule has 0 aromatic heterocycles. The first-order chi connectivity index (χ1) is 7.72. The van der Waals surface area contributed by atoms with E-state index in [-0.39, 0.29) is 0 Å². The number of alkyl carbamates (subject to hydrolysis) is 1. The van der Waals surface area contributed by atoms with Crippen molar-refractivity contribution in [1.82, 2.24) is 5.32 Å². The number of ether oxygens (including phenoxy) is 2. The van der Waals surface area contributed by atoms with Crippen molar-refractivity contribution in [1.29, 1.82) is 0 Å². The van der Waals surface area contributed by atoms with E-state index in [1.54, 1.807) is 31.2 Å². The van der Waals surface area contributed by atoms with Crippen LogP contribution in [0.3, 0.4) is 0 Å². The topological polar surface area (TPSA) is 47.6 Å². The van der Waals surface area contributed by atoms with Crippen LogP contribution in [0.5, 0.6) is 5.75 Å². The largest absolute Gasteiger partial charge is 0.492 e. The molecule has 0 aliphatic rings. The molecule has 0 aliphatic carbocycles. The summed E-state index contributed by atoms with van der Waals surface area (Å²) in [6.45, 7) is 2.88. The van der Waals surface area contributed by atoms with Crippen molar-refractivity contribution in [3.8, 4) is 5.75 Å². The number of nitrogens with one attached hydrogen (secondary N) is 1. The van der Waals surface area contributed by atoms with E-state index in [1.807, 2.05) is 0 Å². The van der Waals surface area contributed by atoms with Crippen molar-refractivity contribution in [3.05, 3.63) is 29.3 Å². The highest BCUT2D eigenvalue weighted by Gasteiger charge is 1.99. The predicted molar refractivity (Wildman–Crippen MR) is 62.0 cm³/mol. The molecule has 0 fully saturated rings. The van der Waals surface area contributed by atoms with Crippen LogP contribution in [0.25, 0.3) is 0 Å². The maximum Gasteiger partial charge on any atom is 0.407 e. The van der Waals surface area contributed by atoms with Crippen molar-refractivity contribution in [3.63, 3.8) is 0 Å². The lowest BCUT2D eigenvalue weighted by Gasteiger charge is -2.07. The highest BCUT2D eigenvalue weighted by atomic mass is 35.5. The van der Waals surface area contributed by atoms with Gasteiger partial charge in [-0.3, -0.25) is 0 Å². The van der Waals surface area contributed by atoms with Crippen molar-refractivity contribution in [2.45, 2.75) is 6.92 Å². The Labute approximate surface area is 99.5 Å². The minimum Gasteiger partial charge on any atom is -0.492 e. The predicted octanol–water partition coefficient (Wildman–Crippen LogP) is 2.46. The molecule has 0 spiro atoms. The van der Waals surface area contributed by atoms with Gasteiger partial charge in [-0.2, -0.15) is 0 Å². The minimum atomic E-state index is -0.433. The van der Waals surface area contributed by atoms with Crippen LogP contribution >= 0.6 is 11.6 Å². The van der Waals surface area contributed by atoms with Crippen LogP contribution in [0.1, 0.15) is 6.92 Å². The number of carbonyl (C=O) groups excluding carboxylic acids is 1. The molecule has 5 heteroatoms. The number of hydrogen-bond acceptors (Lipinski definition) is 3. The molecule has 0 radical (unpaired) electrons. The van der Waals surface area contributed by atoms with Gasteiger partial charge in [0.2, 0.25) is 0 Å². The van der Waals surface area contributed by atoms with Crippen LogP contribution < -0.4 is 10.1 Å². The molecule has 0 atom stereocenters. The van der Waals surface area contributed by atoms with E-state index >= 15 is 0 Å². The highest BCUT2D eigenvalue weighted by molar-refractivity contribution is 6.30. The van der Waals surface area contributed by atoms with Gasteiger partial charge in [0.05, 0.1) is 13.2 Å². The third-order valence-electron chi connectivity index (χ3n) is 1.71. The second kappa shape index (κ2) is 6.95. The monoisotopic (exact) mass is 243 g/mol. The Morgan fingerprint density at radius 3 is 3.00 bits per heavy atom. The molecule has 1 N–H and O–H groups in total. The summed E-state index contributed by atoms with van der Waals surface area (Å²) in [5.74, 6) is 0.679. The molecule has 88 valence electrons. The molecule has 4 nitrogen and oxygen atoms in total. The van der Waals surface area contributed by atoms with Gasteiger partial charge in [0.1, 0.15) is 12.4 Å². The number of benzene rings is 1. The Morgan fingerprint density at radius 1 is 1.50 bits per heavy atom. The van der Waals surface area contributed by atoms with Crippen molar-refractivity contribution in [2.24, 2.45) is 0 Å². The zero-order valence-electron chi connectivity index (χ0n) is 9.03. The number of rotatable bonds is 5. The van der Waals surface area contributed by atoms with Crippen molar-refractivity contribution >= 4 is 17.7 Å². The lowest BCUT2D eigenvalue weighted by molar-refractivity contribution is 0.150. The van der Waals surface area contributed by atoms with Crippen molar-refractivity contribution in [2.75, 3.05) is 19.8 Å².